The second-order valence-electron chi connectivity index (χ2n) is 16.0. The Labute approximate surface area is 355 Å². The first-order chi connectivity index (χ1) is 30.3. The fourth-order valence-corrected chi connectivity index (χ4v) is 10.2. The second-order valence-corrected chi connectivity index (χ2v) is 16.0. The molecule has 0 radical (unpaired) electrons. The van der Waals surface area contributed by atoms with E-state index in [1.54, 1.807) is 0 Å². The molecule has 0 bridgehead atoms. The van der Waals surface area contributed by atoms with Crippen LogP contribution in [0.1, 0.15) is 33.4 Å². The zero-order chi connectivity index (χ0) is 40.3. The van der Waals surface area contributed by atoms with Gasteiger partial charge in [-0.1, -0.05) is 182 Å². The van der Waals surface area contributed by atoms with Crippen molar-refractivity contribution in [3.8, 4) is 11.1 Å². The summed E-state index contributed by atoms with van der Waals surface area (Å²) < 4.78 is 6.92. The third kappa shape index (κ3) is 5.44. The fourth-order valence-electron chi connectivity index (χ4n) is 10.2. The Kier molecular flexibility index (Phi) is 8.14. The lowest BCUT2D eigenvalue weighted by Gasteiger charge is -2.35. The number of allylic oxidation sites excluding steroid dienone is 2. The van der Waals surface area contributed by atoms with Crippen LogP contribution in [0.3, 0.4) is 0 Å². The van der Waals surface area contributed by atoms with Crippen LogP contribution in [-0.4, -0.2) is 6.54 Å². The number of fused-ring (bicyclic) bond motifs is 8. The topological polar surface area (TPSA) is 28.4 Å². The molecule has 0 saturated carbocycles. The number of nitrogens with zero attached hydrogens (tertiary/aromatic N) is 1. The Bertz CT molecular complexity index is 3310. The zero-order valence-electron chi connectivity index (χ0n) is 33.4. The lowest BCUT2D eigenvalue weighted by molar-refractivity contribution is 0.669. The van der Waals surface area contributed by atoms with Crippen LogP contribution in [0.2, 0.25) is 0 Å². The maximum atomic E-state index is 6.92. The smallest absolute Gasteiger partial charge is 0.138 e. The van der Waals surface area contributed by atoms with Crippen LogP contribution in [-0.2, 0) is 5.41 Å². The highest BCUT2D eigenvalue weighted by Crippen LogP contribution is 2.57. The van der Waals surface area contributed by atoms with Crippen LogP contribution in [0.25, 0.3) is 55.1 Å². The Morgan fingerprint density at radius 1 is 0.443 bits per heavy atom. The van der Waals surface area contributed by atoms with E-state index in [-0.39, 0.29) is 0 Å². The van der Waals surface area contributed by atoms with Crippen LogP contribution in [0, 0.1) is 0 Å². The minimum atomic E-state index is -0.520. The van der Waals surface area contributed by atoms with Crippen molar-refractivity contribution >= 4 is 61.0 Å². The summed E-state index contributed by atoms with van der Waals surface area (Å²) in [6, 6.07) is 76.9. The summed E-state index contributed by atoms with van der Waals surface area (Å²) in [7, 11) is 0. The summed E-state index contributed by atoms with van der Waals surface area (Å²) in [4.78, 5) is 2.42. The van der Waals surface area contributed by atoms with Crippen LogP contribution in [0.5, 0.6) is 0 Å². The van der Waals surface area contributed by atoms with E-state index >= 15 is 0 Å². The molecule has 1 N–H and O–H groups in total. The average molecular weight is 781 g/mol. The Morgan fingerprint density at radius 2 is 1.07 bits per heavy atom. The summed E-state index contributed by atoms with van der Waals surface area (Å²) in [5.74, 6) is 0. The number of hydrogen-bond donors (Lipinski definition) is 1. The van der Waals surface area contributed by atoms with Gasteiger partial charge in [-0.3, -0.25) is 0 Å². The van der Waals surface area contributed by atoms with E-state index in [9.17, 15) is 0 Å². The predicted octanol–water partition coefficient (Wildman–Crippen LogP) is 14.6. The van der Waals surface area contributed by atoms with Gasteiger partial charge in [-0.25, -0.2) is 0 Å². The molecule has 61 heavy (non-hydrogen) atoms. The highest BCUT2D eigenvalue weighted by atomic mass is 16.3. The van der Waals surface area contributed by atoms with E-state index in [4.69, 9.17) is 4.42 Å². The molecule has 1 aliphatic heterocycles. The van der Waals surface area contributed by atoms with Gasteiger partial charge in [0, 0.05) is 45.8 Å². The van der Waals surface area contributed by atoms with Crippen molar-refractivity contribution < 1.29 is 4.42 Å². The van der Waals surface area contributed by atoms with Crippen molar-refractivity contribution in [1.82, 2.24) is 5.32 Å². The number of rotatable bonds is 7. The molecule has 9 aromatic carbocycles. The molecule has 0 fully saturated rings. The van der Waals surface area contributed by atoms with Crippen LogP contribution in [0.4, 0.5) is 17.1 Å². The number of benzene rings is 9. The molecule has 1 aliphatic carbocycles. The summed E-state index contributed by atoms with van der Waals surface area (Å²) >= 11 is 0. The number of hydrogen-bond acceptors (Lipinski definition) is 3. The molecule has 2 heterocycles. The monoisotopic (exact) mass is 780 g/mol. The first-order valence-corrected chi connectivity index (χ1v) is 21.1. The molecule has 0 amide bonds. The number of furan rings is 1. The average Bonchev–Trinajstić information content (AvgIpc) is 3.87. The largest absolute Gasteiger partial charge is 0.456 e. The fraction of sp³-hybridized carbons (Fsp3) is 0.0345. The summed E-state index contributed by atoms with van der Waals surface area (Å²) in [5, 5.41) is 8.27. The lowest BCUT2D eigenvalue weighted by atomic mass is 9.67. The van der Waals surface area contributed by atoms with Gasteiger partial charge in [0.25, 0.3) is 0 Å². The van der Waals surface area contributed by atoms with E-state index in [1.165, 1.54) is 50.1 Å². The predicted molar refractivity (Wildman–Crippen MR) is 254 cm³/mol. The molecule has 10 aromatic rings. The summed E-state index contributed by atoms with van der Waals surface area (Å²) in [6.07, 6.45) is 4.46. The van der Waals surface area contributed by atoms with Crippen molar-refractivity contribution in [1.29, 1.82) is 0 Å². The first-order valence-electron chi connectivity index (χ1n) is 21.1. The number of nitrogens with one attached hydrogen (secondary N) is 1. The highest BCUT2D eigenvalue weighted by Gasteiger charge is 2.46. The van der Waals surface area contributed by atoms with E-state index in [2.05, 4.69) is 235 Å². The Balaban J connectivity index is 1.09. The molecule has 0 atom stereocenters. The summed E-state index contributed by atoms with van der Waals surface area (Å²) in [5.41, 5.74) is 16.7. The molecule has 3 heteroatoms. The maximum Gasteiger partial charge on any atom is 0.138 e. The number of dihydropyridines is 1. The van der Waals surface area contributed by atoms with E-state index in [0.29, 0.717) is 0 Å². The molecule has 0 unspecified atom stereocenters. The van der Waals surface area contributed by atoms with Gasteiger partial charge in [-0.05, 0) is 91.9 Å². The van der Waals surface area contributed by atoms with Gasteiger partial charge in [0.05, 0.1) is 11.1 Å². The SMILES string of the molecule is C1=C(c2ccccc2)NCC(c2cccc3oc4cc(N(c5ccccc5)c5ccc6c(c5)C(c5ccccc5)(c5ccccc5)c5ccccc5-6)c5ccccc5c4c23)=C1. The minimum absolute atomic E-state index is 0.520. The standard InChI is InChI=1S/C58H40N2O/c1-5-18-39(19-6-1)52-35-32-40(38-59-52)45-29-17-31-54-56(45)57-49-28-14-13-27-48(49)53(37-55(57)61-54)60(43-24-11-4-12-25-43)44-33-34-47-46-26-15-16-30-50(46)58(51(47)36-44,41-20-7-2-8-21-41)42-22-9-3-10-23-42/h1-37,59H,38H2. The van der Waals surface area contributed by atoms with Gasteiger partial charge in [-0.15, -0.1) is 0 Å². The van der Waals surface area contributed by atoms with Crippen molar-refractivity contribution in [2.24, 2.45) is 0 Å². The molecule has 288 valence electrons. The second kappa shape index (κ2) is 14.1. The van der Waals surface area contributed by atoms with Crippen LogP contribution in [0.15, 0.2) is 229 Å². The van der Waals surface area contributed by atoms with Gasteiger partial charge >= 0.3 is 0 Å². The molecule has 0 spiro atoms. The molecular weight excluding hydrogens is 741 g/mol. The molecular formula is C58H40N2O. The van der Waals surface area contributed by atoms with Crippen LogP contribution >= 0.6 is 0 Å². The first kappa shape index (κ1) is 35.1. The van der Waals surface area contributed by atoms with Gasteiger partial charge in [-0.2, -0.15) is 0 Å². The number of para-hydroxylation sites is 1. The summed E-state index contributed by atoms with van der Waals surface area (Å²) in [6.45, 7) is 0.722. The van der Waals surface area contributed by atoms with Crippen molar-refractivity contribution in [3.63, 3.8) is 0 Å². The third-order valence-corrected chi connectivity index (χ3v) is 12.8. The van der Waals surface area contributed by atoms with E-state index in [1.807, 2.05) is 0 Å². The quantitative estimate of drug-likeness (QED) is 0.175. The van der Waals surface area contributed by atoms with Gasteiger partial charge in [0.2, 0.25) is 0 Å². The van der Waals surface area contributed by atoms with Crippen molar-refractivity contribution in [2.75, 3.05) is 11.4 Å². The zero-order valence-corrected chi connectivity index (χ0v) is 33.4. The third-order valence-electron chi connectivity index (χ3n) is 12.8. The van der Waals surface area contributed by atoms with E-state index in [0.717, 1.165) is 62.0 Å². The molecule has 0 saturated heterocycles. The maximum absolute atomic E-state index is 6.92. The van der Waals surface area contributed by atoms with Crippen molar-refractivity contribution in [2.45, 2.75) is 5.41 Å². The van der Waals surface area contributed by atoms with Crippen molar-refractivity contribution in [3.05, 3.63) is 258 Å². The highest BCUT2D eigenvalue weighted by molar-refractivity contribution is 6.24. The van der Waals surface area contributed by atoms with Gasteiger partial charge in [0.15, 0.2) is 0 Å². The normalized spacial score (nSPS) is 14.0. The van der Waals surface area contributed by atoms with Gasteiger partial charge in [0.1, 0.15) is 11.2 Å². The molecule has 12 rings (SSSR count). The molecule has 1 aromatic heterocycles. The van der Waals surface area contributed by atoms with E-state index < -0.39 is 5.41 Å². The minimum Gasteiger partial charge on any atom is -0.456 e. The van der Waals surface area contributed by atoms with Gasteiger partial charge < -0.3 is 14.6 Å². The Hall–Kier alpha value is -7.88. The lowest BCUT2D eigenvalue weighted by Crippen LogP contribution is -2.28. The van der Waals surface area contributed by atoms with Crippen LogP contribution < -0.4 is 10.2 Å². The molecule has 3 nitrogen and oxygen atoms in total. The number of anilines is 3. The Morgan fingerprint density at radius 3 is 1.79 bits per heavy atom. The molecule has 2 aliphatic rings.